The minimum atomic E-state index is -0.429. The molecule has 0 aliphatic carbocycles. The van der Waals surface area contributed by atoms with Gasteiger partial charge in [0.2, 0.25) is 11.8 Å². The number of hydrogen-bond donors (Lipinski definition) is 2. The standard InChI is InChI=1S/C26H27N3O4/c1-18-8-11-22(12-9-18)29-16-20(14-25(29)30)26(31)28-27-21-10-13-23(24(15-21)32-2)33-17-19-6-4-3-5-7-19/h3-13,15,20,27H,14,16-17H2,1-2H3,(H,28,31)/t20-/m1/s1. The van der Waals surface area contributed by atoms with Gasteiger partial charge in [0, 0.05) is 24.7 Å². The molecule has 1 heterocycles. The minimum absolute atomic E-state index is 0.0550. The van der Waals surface area contributed by atoms with Crippen LogP contribution >= 0.6 is 0 Å². The number of ether oxygens (including phenoxy) is 2. The lowest BCUT2D eigenvalue weighted by Gasteiger charge is -2.17. The molecule has 1 atom stereocenters. The Morgan fingerprint density at radius 3 is 2.52 bits per heavy atom. The van der Waals surface area contributed by atoms with Gasteiger partial charge in [0.15, 0.2) is 11.5 Å². The summed E-state index contributed by atoms with van der Waals surface area (Å²) in [7, 11) is 1.57. The van der Waals surface area contributed by atoms with Crippen LogP contribution in [0.2, 0.25) is 0 Å². The average molecular weight is 446 g/mol. The van der Waals surface area contributed by atoms with E-state index >= 15 is 0 Å². The van der Waals surface area contributed by atoms with Crippen molar-refractivity contribution in [2.45, 2.75) is 20.0 Å². The van der Waals surface area contributed by atoms with Crippen LogP contribution in [-0.4, -0.2) is 25.5 Å². The average Bonchev–Trinajstić information content (AvgIpc) is 3.24. The van der Waals surface area contributed by atoms with Crippen LogP contribution in [0.15, 0.2) is 72.8 Å². The van der Waals surface area contributed by atoms with E-state index in [-0.39, 0.29) is 18.2 Å². The van der Waals surface area contributed by atoms with Gasteiger partial charge in [-0.15, -0.1) is 0 Å². The van der Waals surface area contributed by atoms with Crippen molar-refractivity contribution < 1.29 is 19.1 Å². The van der Waals surface area contributed by atoms with Crippen molar-refractivity contribution in [3.63, 3.8) is 0 Å². The summed E-state index contributed by atoms with van der Waals surface area (Å²) in [5.74, 6) is 0.434. The molecule has 4 rings (SSSR count). The maximum Gasteiger partial charge on any atom is 0.243 e. The molecular formula is C26H27N3O4. The number of rotatable bonds is 8. The molecule has 0 unspecified atom stereocenters. The Bertz CT molecular complexity index is 1120. The molecule has 1 aliphatic rings. The van der Waals surface area contributed by atoms with Gasteiger partial charge in [-0.2, -0.15) is 0 Å². The Labute approximate surface area is 193 Å². The smallest absolute Gasteiger partial charge is 0.243 e. The third-order valence-corrected chi connectivity index (χ3v) is 5.57. The number of benzene rings is 3. The molecule has 2 amide bonds. The monoisotopic (exact) mass is 445 g/mol. The maximum atomic E-state index is 12.7. The van der Waals surface area contributed by atoms with Crippen LogP contribution in [0, 0.1) is 12.8 Å². The number of nitrogens with one attached hydrogen (secondary N) is 2. The summed E-state index contributed by atoms with van der Waals surface area (Å²) in [6.45, 7) is 2.77. The molecule has 0 saturated carbocycles. The minimum Gasteiger partial charge on any atom is -0.493 e. The van der Waals surface area contributed by atoms with Gasteiger partial charge >= 0.3 is 0 Å². The highest BCUT2D eigenvalue weighted by molar-refractivity contribution is 6.00. The van der Waals surface area contributed by atoms with Crippen molar-refractivity contribution in [2.75, 3.05) is 24.0 Å². The lowest BCUT2D eigenvalue weighted by atomic mass is 10.1. The van der Waals surface area contributed by atoms with Gasteiger partial charge in [-0.05, 0) is 36.8 Å². The molecule has 0 aromatic heterocycles. The van der Waals surface area contributed by atoms with Crippen molar-refractivity contribution in [1.82, 2.24) is 5.43 Å². The molecule has 2 N–H and O–H groups in total. The van der Waals surface area contributed by atoms with E-state index in [1.165, 1.54) is 0 Å². The SMILES string of the molecule is COc1cc(NNC(=O)[C@@H]2CC(=O)N(c3ccc(C)cc3)C2)ccc1OCc1ccccc1. The molecule has 7 heteroatoms. The summed E-state index contributed by atoms with van der Waals surface area (Å²) >= 11 is 0. The van der Waals surface area contributed by atoms with E-state index < -0.39 is 5.92 Å². The summed E-state index contributed by atoms with van der Waals surface area (Å²) in [5, 5.41) is 0. The normalized spacial score (nSPS) is 15.3. The number of amides is 2. The number of carbonyl (C=O) groups is 2. The number of carbonyl (C=O) groups excluding carboxylic acids is 2. The van der Waals surface area contributed by atoms with Crippen LogP contribution in [0.1, 0.15) is 17.5 Å². The van der Waals surface area contributed by atoms with Gasteiger partial charge in [-0.3, -0.25) is 20.4 Å². The molecule has 3 aromatic rings. The van der Waals surface area contributed by atoms with Crippen molar-refractivity contribution in [3.05, 3.63) is 83.9 Å². The molecule has 1 aliphatic heterocycles. The fraction of sp³-hybridized carbons (Fsp3) is 0.231. The highest BCUT2D eigenvalue weighted by Gasteiger charge is 2.35. The first kappa shape index (κ1) is 22.2. The summed E-state index contributed by atoms with van der Waals surface area (Å²) in [6, 6.07) is 22.9. The molecule has 1 saturated heterocycles. The van der Waals surface area contributed by atoms with Crippen molar-refractivity contribution in [2.24, 2.45) is 5.92 Å². The third kappa shape index (κ3) is 5.44. The molecule has 0 radical (unpaired) electrons. The van der Waals surface area contributed by atoms with E-state index in [0.717, 1.165) is 16.8 Å². The molecule has 3 aromatic carbocycles. The first-order valence-corrected chi connectivity index (χ1v) is 10.8. The summed E-state index contributed by atoms with van der Waals surface area (Å²) < 4.78 is 11.3. The fourth-order valence-corrected chi connectivity index (χ4v) is 3.69. The van der Waals surface area contributed by atoms with E-state index in [1.54, 1.807) is 30.2 Å². The van der Waals surface area contributed by atoms with Gasteiger partial charge in [-0.1, -0.05) is 48.0 Å². The highest BCUT2D eigenvalue weighted by Crippen LogP contribution is 2.31. The first-order chi connectivity index (χ1) is 16.0. The van der Waals surface area contributed by atoms with Gasteiger partial charge in [0.05, 0.1) is 18.7 Å². The van der Waals surface area contributed by atoms with Crippen LogP contribution in [0.4, 0.5) is 11.4 Å². The Morgan fingerprint density at radius 1 is 1.03 bits per heavy atom. The quantitative estimate of drug-likeness (QED) is 0.511. The molecule has 7 nitrogen and oxygen atoms in total. The van der Waals surface area contributed by atoms with Crippen molar-refractivity contribution in [3.8, 4) is 11.5 Å². The summed E-state index contributed by atoms with van der Waals surface area (Å²) in [5.41, 5.74) is 9.25. The lowest BCUT2D eigenvalue weighted by molar-refractivity contribution is -0.125. The van der Waals surface area contributed by atoms with Crippen LogP contribution in [0.25, 0.3) is 0 Å². The van der Waals surface area contributed by atoms with Crippen molar-refractivity contribution >= 4 is 23.2 Å². The van der Waals surface area contributed by atoms with Gasteiger partial charge in [0.25, 0.3) is 0 Å². The summed E-state index contributed by atoms with van der Waals surface area (Å²) in [6.07, 6.45) is 0.178. The second kappa shape index (κ2) is 10.1. The Balaban J connectivity index is 1.33. The Hall–Kier alpha value is -4.00. The molecule has 33 heavy (non-hydrogen) atoms. The third-order valence-electron chi connectivity index (χ3n) is 5.57. The zero-order valence-corrected chi connectivity index (χ0v) is 18.7. The topological polar surface area (TPSA) is 79.9 Å². The molecule has 1 fully saturated rings. The Kier molecular flexibility index (Phi) is 6.78. The largest absolute Gasteiger partial charge is 0.493 e. The highest BCUT2D eigenvalue weighted by atomic mass is 16.5. The Morgan fingerprint density at radius 2 is 1.79 bits per heavy atom. The maximum absolute atomic E-state index is 12.7. The predicted molar refractivity (Wildman–Crippen MR) is 127 cm³/mol. The molecule has 170 valence electrons. The fourth-order valence-electron chi connectivity index (χ4n) is 3.69. The second-order valence-electron chi connectivity index (χ2n) is 8.00. The van der Waals surface area contributed by atoms with Crippen LogP contribution in [0.3, 0.4) is 0 Å². The number of methoxy groups -OCH3 is 1. The number of hydrazine groups is 1. The van der Waals surface area contributed by atoms with E-state index in [2.05, 4.69) is 10.9 Å². The lowest BCUT2D eigenvalue weighted by Crippen LogP contribution is -2.36. The van der Waals surface area contributed by atoms with E-state index in [9.17, 15) is 9.59 Å². The van der Waals surface area contributed by atoms with Crippen LogP contribution in [0.5, 0.6) is 11.5 Å². The van der Waals surface area contributed by atoms with Gasteiger partial charge in [-0.25, -0.2) is 0 Å². The van der Waals surface area contributed by atoms with Crippen LogP contribution in [-0.2, 0) is 16.2 Å². The van der Waals surface area contributed by atoms with Crippen molar-refractivity contribution in [1.29, 1.82) is 0 Å². The van der Waals surface area contributed by atoms with E-state index in [0.29, 0.717) is 30.3 Å². The second-order valence-corrected chi connectivity index (χ2v) is 8.00. The zero-order valence-electron chi connectivity index (χ0n) is 18.7. The first-order valence-electron chi connectivity index (χ1n) is 10.8. The van der Waals surface area contributed by atoms with Gasteiger partial charge in [0.1, 0.15) is 6.61 Å². The zero-order chi connectivity index (χ0) is 23.2. The number of aryl methyl sites for hydroxylation is 1. The number of nitrogens with zero attached hydrogens (tertiary/aromatic N) is 1. The predicted octanol–water partition coefficient (Wildman–Crippen LogP) is 4.08. The van der Waals surface area contributed by atoms with E-state index in [1.807, 2.05) is 61.5 Å². The van der Waals surface area contributed by atoms with Crippen LogP contribution < -0.4 is 25.2 Å². The van der Waals surface area contributed by atoms with E-state index in [4.69, 9.17) is 9.47 Å². The molecule has 0 bridgehead atoms. The molecule has 0 spiro atoms. The molecular weight excluding hydrogens is 418 g/mol. The number of hydrogen-bond acceptors (Lipinski definition) is 5. The number of anilines is 2. The van der Waals surface area contributed by atoms with Gasteiger partial charge < -0.3 is 14.4 Å². The summed E-state index contributed by atoms with van der Waals surface area (Å²) in [4.78, 5) is 26.8.